The molecule has 4 heteroatoms. The monoisotopic (exact) mass is 217 g/mol. The van der Waals surface area contributed by atoms with Crippen molar-refractivity contribution < 1.29 is 5.11 Å². The smallest absolute Gasteiger partial charge is 0.117 e. The molecule has 2 aromatic rings. The van der Waals surface area contributed by atoms with E-state index in [1.165, 1.54) is 0 Å². The van der Waals surface area contributed by atoms with Gasteiger partial charge in [0.1, 0.15) is 11.3 Å². The van der Waals surface area contributed by atoms with Crippen molar-refractivity contribution in [3.05, 3.63) is 42.2 Å². The third-order valence-electron chi connectivity index (χ3n) is 2.34. The Hall–Kier alpha value is -1.81. The highest BCUT2D eigenvalue weighted by Crippen LogP contribution is 2.24. The van der Waals surface area contributed by atoms with Crippen LogP contribution in [0.2, 0.25) is 0 Å². The largest absolute Gasteiger partial charge is 0.396 e. The van der Waals surface area contributed by atoms with Crippen molar-refractivity contribution in [3.8, 4) is 5.69 Å². The Labute approximate surface area is 94.3 Å². The molecule has 0 aliphatic carbocycles. The third kappa shape index (κ3) is 1.92. The van der Waals surface area contributed by atoms with Gasteiger partial charge in [0.15, 0.2) is 0 Å². The summed E-state index contributed by atoms with van der Waals surface area (Å²) in [6.07, 6.45) is 1.71. The lowest BCUT2D eigenvalue weighted by Crippen LogP contribution is -2.18. The van der Waals surface area contributed by atoms with Crippen molar-refractivity contribution in [2.75, 3.05) is 5.73 Å². The van der Waals surface area contributed by atoms with Crippen LogP contribution in [-0.2, 0) is 5.60 Å². The summed E-state index contributed by atoms with van der Waals surface area (Å²) in [5.41, 5.74) is 6.71. The minimum absolute atomic E-state index is 0.497. The van der Waals surface area contributed by atoms with E-state index in [2.05, 4.69) is 5.10 Å². The number of nitrogens with two attached hydrogens (primary N) is 1. The van der Waals surface area contributed by atoms with Gasteiger partial charge in [0.05, 0.1) is 17.6 Å². The summed E-state index contributed by atoms with van der Waals surface area (Å²) in [7, 11) is 0. The van der Waals surface area contributed by atoms with Crippen LogP contribution in [0.4, 0.5) is 5.69 Å². The number of rotatable bonds is 2. The summed E-state index contributed by atoms with van der Waals surface area (Å²) < 4.78 is 1.67. The maximum atomic E-state index is 9.87. The first-order chi connectivity index (χ1) is 7.48. The average molecular weight is 217 g/mol. The lowest BCUT2D eigenvalue weighted by molar-refractivity contribution is 0.0742. The molecule has 0 saturated carbocycles. The molecule has 0 radical (unpaired) electrons. The van der Waals surface area contributed by atoms with E-state index in [0.29, 0.717) is 11.4 Å². The number of hydrogen-bond acceptors (Lipinski definition) is 3. The number of anilines is 1. The van der Waals surface area contributed by atoms with Crippen LogP contribution in [0.1, 0.15) is 19.5 Å². The Balaban J connectivity index is 2.47. The van der Waals surface area contributed by atoms with E-state index >= 15 is 0 Å². The van der Waals surface area contributed by atoms with Gasteiger partial charge in [-0.25, -0.2) is 4.68 Å². The van der Waals surface area contributed by atoms with Gasteiger partial charge in [-0.15, -0.1) is 0 Å². The molecular formula is C12H15N3O. The number of aromatic nitrogens is 2. The van der Waals surface area contributed by atoms with Gasteiger partial charge in [0, 0.05) is 0 Å². The Kier molecular flexibility index (Phi) is 2.44. The van der Waals surface area contributed by atoms with Crippen LogP contribution < -0.4 is 5.73 Å². The molecule has 16 heavy (non-hydrogen) atoms. The van der Waals surface area contributed by atoms with Crippen LogP contribution in [0, 0.1) is 0 Å². The van der Waals surface area contributed by atoms with Crippen LogP contribution in [-0.4, -0.2) is 14.9 Å². The van der Waals surface area contributed by atoms with E-state index < -0.39 is 5.60 Å². The average Bonchev–Trinajstić information content (AvgIpc) is 2.61. The summed E-state index contributed by atoms with van der Waals surface area (Å²) >= 11 is 0. The minimum atomic E-state index is -1.02. The molecular weight excluding hydrogens is 202 g/mol. The van der Waals surface area contributed by atoms with Crippen molar-refractivity contribution in [1.29, 1.82) is 0 Å². The summed E-state index contributed by atoms with van der Waals surface area (Å²) in [6, 6.07) is 9.66. The highest BCUT2D eigenvalue weighted by molar-refractivity contribution is 5.46. The SMILES string of the molecule is CC(C)(O)c1nn(-c2ccccc2)cc1N. The molecule has 1 aromatic heterocycles. The third-order valence-corrected chi connectivity index (χ3v) is 2.34. The Morgan fingerprint density at radius 3 is 2.38 bits per heavy atom. The summed E-state index contributed by atoms with van der Waals surface area (Å²) in [5.74, 6) is 0. The van der Waals surface area contributed by atoms with Gasteiger partial charge >= 0.3 is 0 Å². The molecule has 1 heterocycles. The molecule has 0 saturated heterocycles. The van der Waals surface area contributed by atoms with E-state index in [4.69, 9.17) is 5.73 Å². The summed E-state index contributed by atoms with van der Waals surface area (Å²) in [5, 5.41) is 14.2. The molecule has 0 bridgehead atoms. The van der Waals surface area contributed by atoms with Crippen molar-refractivity contribution in [2.24, 2.45) is 0 Å². The summed E-state index contributed by atoms with van der Waals surface area (Å²) in [6.45, 7) is 3.34. The van der Waals surface area contributed by atoms with E-state index in [9.17, 15) is 5.11 Å². The van der Waals surface area contributed by atoms with Crippen molar-refractivity contribution >= 4 is 5.69 Å². The second-order valence-corrected chi connectivity index (χ2v) is 4.27. The highest BCUT2D eigenvalue weighted by atomic mass is 16.3. The Morgan fingerprint density at radius 2 is 1.88 bits per heavy atom. The van der Waals surface area contributed by atoms with Crippen LogP contribution >= 0.6 is 0 Å². The maximum Gasteiger partial charge on any atom is 0.117 e. The number of nitrogen functional groups attached to an aromatic ring is 1. The molecule has 0 aliphatic heterocycles. The molecule has 0 spiro atoms. The van der Waals surface area contributed by atoms with E-state index in [-0.39, 0.29) is 0 Å². The van der Waals surface area contributed by atoms with E-state index in [1.807, 2.05) is 30.3 Å². The van der Waals surface area contributed by atoms with E-state index in [0.717, 1.165) is 5.69 Å². The molecule has 84 valence electrons. The van der Waals surface area contributed by atoms with Crippen molar-refractivity contribution in [2.45, 2.75) is 19.4 Å². The molecule has 0 amide bonds. The quantitative estimate of drug-likeness (QED) is 0.804. The zero-order chi connectivity index (χ0) is 11.8. The predicted octanol–water partition coefficient (Wildman–Crippen LogP) is 1.68. The van der Waals surface area contributed by atoms with Gasteiger partial charge in [-0.2, -0.15) is 5.10 Å². The molecule has 0 aliphatic rings. The van der Waals surface area contributed by atoms with Crippen LogP contribution in [0.15, 0.2) is 36.5 Å². The lowest BCUT2D eigenvalue weighted by Gasteiger charge is -2.14. The second kappa shape index (κ2) is 3.64. The predicted molar refractivity (Wildman–Crippen MR) is 63.2 cm³/mol. The van der Waals surface area contributed by atoms with Gasteiger partial charge in [0.25, 0.3) is 0 Å². The standard InChI is InChI=1S/C12H15N3O/c1-12(2,16)11-10(13)8-15(14-11)9-6-4-3-5-7-9/h3-8,16H,13H2,1-2H3. The zero-order valence-electron chi connectivity index (χ0n) is 9.38. The normalized spacial score (nSPS) is 11.7. The fourth-order valence-electron chi connectivity index (χ4n) is 1.58. The zero-order valence-corrected chi connectivity index (χ0v) is 9.38. The minimum Gasteiger partial charge on any atom is -0.396 e. The number of aliphatic hydroxyl groups is 1. The topological polar surface area (TPSA) is 64.1 Å². The lowest BCUT2D eigenvalue weighted by atomic mass is 10.1. The molecule has 3 N–H and O–H groups in total. The van der Waals surface area contributed by atoms with Gasteiger partial charge in [-0.05, 0) is 26.0 Å². The van der Waals surface area contributed by atoms with Gasteiger partial charge in [-0.3, -0.25) is 0 Å². The number of benzene rings is 1. The fourth-order valence-corrected chi connectivity index (χ4v) is 1.58. The first-order valence-electron chi connectivity index (χ1n) is 5.12. The van der Waals surface area contributed by atoms with Crippen molar-refractivity contribution in [3.63, 3.8) is 0 Å². The number of nitrogens with zero attached hydrogens (tertiary/aromatic N) is 2. The molecule has 0 fully saturated rings. The Morgan fingerprint density at radius 1 is 1.25 bits per heavy atom. The second-order valence-electron chi connectivity index (χ2n) is 4.27. The number of hydrogen-bond donors (Lipinski definition) is 2. The first kappa shape index (κ1) is 10.7. The number of para-hydroxylation sites is 1. The molecule has 0 atom stereocenters. The molecule has 1 aromatic carbocycles. The van der Waals surface area contributed by atoms with Gasteiger partial charge in [-0.1, -0.05) is 18.2 Å². The van der Waals surface area contributed by atoms with Crippen LogP contribution in [0.3, 0.4) is 0 Å². The Bertz CT molecular complexity index is 483. The van der Waals surface area contributed by atoms with Crippen molar-refractivity contribution in [1.82, 2.24) is 9.78 Å². The molecule has 2 rings (SSSR count). The van der Waals surface area contributed by atoms with E-state index in [1.54, 1.807) is 24.7 Å². The van der Waals surface area contributed by atoms with Gasteiger partial charge < -0.3 is 10.8 Å². The first-order valence-corrected chi connectivity index (χ1v) is 5.12. The van der Waals surface area contributed by atoms with Crippen LogP contribution in [0.25, 0.3) is 5.69 Å². The van der Waals surface area contributed by atoms with Gasteiger partial charge in [0.2, 0.25) is 0 Å². The maximum absolute atomic E-state index is 9.87. The van der Waals surface area contributed by atoms with Crippen LogP contribution in [0.5, 0.6) is 0 Å². The molecule has 4 nitrogen and oxygen atoms in total. The highest BCUT2D eigenvalue weighted by Gasteiger charge is 2.23. The fraction of sp³-hybridized carbons (Fsp3) is 0.250. The molecule has 0 unspecified atom stereocenters. The summed E-state index contributed by atoms with van der Waals surface area (Å²) in [4.78, 5) is 0.